The number of nitrogens with one attached hydrogen (secondary N) is 1. The van der Waals surface area contributed by atoms with Crippen LogP contribution < -0.4 is 5.32 Å². The summed E-state index contributed by atoms with van der Waals surface area (Å²) >= 11 is 2.04. The Bertz CT molecular complexity index is 156. The fourth-order valence-electron chi connectivity index (χ4n) is 1.87. The lowest BCUT2D eigenvalue weighted by Gasteiger charge is -2.32. The van der Waals surface area contributed by atoms with E-state index < -0.39 is 0 Å². The van der Waals surface area contributed by atoms with Gasteiger partial charge in [0, 0.05) is 19.6 Å². The first kappa shape index (κ1) is 13.3. The van der Waals surface area contributed by atoms with Crippen LogP contribution in [0.2, 0.25) is 0 Å². The number of hydrogen-bond donors (Lipinski definition) is 1. The number of ether oxygens (including phenoxy) is 1. The fourth-order valence-corrected chi connectivity index (χ4v) is 2.49. The standard InChI is InChI=1S/C11H24N2OS/c1-3-15-8-4-5-13-6-7-14-11(10-13)9-12-2/h11-12H,3-10H2,1-2H3. The van der Waals surface area contributed by atoms with E-state index in [1.165, 1.54) is 24.5 Å². The van der Waals surface area contributed by atoms with Crippen molar-refractivity contribution in [1.29, 1.82) is 0 Å². The molecule has 1 N–H and O–H groups in total. The maximum Gasteiger partial charge on any atom is 0.0826 e. The molecule has 0 spiro atoms. The van der Waals surface area contributed by atoms with Crippen molar-refractivity contribution in [3.63, 3.8) is 0 Å². The van der Waals surface area contributed by atoms with E-state index in [0.717, 1.165) is 26.2 Å². The summed E-state index contributed by atoms with van der Waals surface area (Å²) in [4.78, 5) is 2.53. The molecule has 1 aliphatic heterocycles. The van der Waals surface area contributed by atoms with Gasteiger partial charge in [0.15, 0.2) is 0 Å². The maximum absolute atomic E-state index is 5.67. The Hall–Kier alpha value is 0.230. The molecule has 1 rings (SSSR count). The summed E-state index contributed by atoms with van der Waals surface area (Å²) in [7, 11) is 1.99. The van der Waals surface area contributed by atoms with E-state index in [2.05, 4.69) is 17.1 Å². The van der Waals surface area contributed by atoms with Crippen LogP contribution in [0.4, 0.5) is 0 Å². The van der Waals surface area contributed by atoms with Crippen molar-refractivity contribution in [2.75, 3.05) is 51.3 Å². The molecule has 1 atom stereocenters. The highest BCUT2D eigenvalue weighted by Gasteiger charge is 2.18. The Balaban J connectivity index is 2.07. The summed E-state index contributed by atoms with van der Waals surface area (Å²) in [5.74, 6) is 2.54. The lowest BCUT2D eigenvalue weighted by molar-refractivity contribution is -0.0260. The molecule has 0 radical (unpaired) electrons. The first-order valence-electron chi connectivity index (χ1n) is 5.93. The quantitative estimate of drug-likeness (QED) is 0.663. The molecule has 15 heavy (non-hydrogen) atoms. The molecule has 0 bridgehead atoms. The number of hydrogen-bond acceptors (Lipinski definition) is 4. The summed E-state index contributed by atoms with van der Waals surface area (Å²) < 4.78 is 5.67. The summed E-state index contributed by atoms with van der Waals surface area (Å²) in [5, 5.41) is 3.18. The topological polar surface area (TPSA) is 24.5 Å². The van der Waals surface area contributed by atoms with E-state index in [1.807, 2.05) is 18.8 Å². The van der Waals surface area contributed by atoms with Crippen molar-refractivity contribution in [2.45, 2.75) is 19.4 Å². The molecule has 1 heterocycles. The fraction of sp³-hybridized carbons (Fsp3) is 1.00. The molecule has 0 aromatic carbocycles. The number of thioether (sulfide) groups is 1. The molecule has 1 fully saturated rings. The van der Waals surface area contributed by atoms with Crippen LogP contribution in [0, 0.1) is 0 Å². The monoisotopic (exact) mass is 232 g/mol. The van der Waals surface area contributed by atoms with E-state index in [4.69, 9.17) is 4.74 Å². The zero-order chi connectivity index (χ0) is 10.9. The minimum absolute atomic E-state index is 0.391. The van der Waals surface area contributed by atoms with Gasteiger partial charge in [0.05, 0.1) is 12.7 Å². The summed E-state index contributed by atoms with van der Waals surface area (Å²) in [6.45, 7) is 7.53. The van der Waals surface area contributed by atoms with Gasteiger partial charge >= 0.3 is 0 Å². The largest absolute Gasteiger partial charge is 0.374 e. The molecule has 1 saturated heterocycles. The summed E-state index contributed by atoms with van der Waals surface area (Å²) in [6, 6.07) is 0. The lowest BCUT2D eigenvalue weighted by atomic mass is 10.2. The molecule has 0 aromatic rings. The molecule has 90 valence electrons. The van der Waals surface area contributed by atoms with Crippen LogP contribution in [0.3, 0.4) is 0 Å². The molecule has 1 aliphatic rings. The number of morpholine rings is 1. The van der Waals surface area contributed by atoms with Crippen LogP contribution in [0.5, 0.6) is 0 Å². The van der Waals surface area contributed by atoms with Crippen molar-refractivity contribution in [3.05, 3.63) is 0 Å². The van der Waals surface area contributed by atoms with E-state index >= 15 is 0 Å². The van der Waals surface area contributed by atoms with Crippen LogP contribution in [0.25, 0.3) is 0 Å². The molecule has 1 unspecified atom stereocenters. The van der Waals surface area contributed by atoms with Gasteiger partial charge < -0.3 is 10.1 Å². The van der Waals surface area contributed by atoms with Crippen LogP contribution >= 0.6 is 11.8 Å². The molecule has 0 amide bonds. The third kappa shape index (κ3) is 5.76. The van der Waals surface area contributed by atoms with Gasteiger partial charge in [-0.25, -0.2) is 0 Å². The molecule has 0 saturated carbocycles. The lowest BCUT2D eigenvalue weighted by Crippen LogP contribution is -2.46. The van der Waals surface area contributed by atoms with Crippen molar-refractivity contribution in [1.82, 2.24) is 10.2 Å². The highest BCUT2D eigenvalue weighted by atomic mass is 32.2. The second-order valence-electron chi connectivity index (χ2n) is 3.90. The van der Waals surface area contributed by atoms with Gasteiger partial charge in [-0.2, -0.15) is 11.8 Å². The molecular formula is C11H24N2OS. The number of rotatable bonds is 7. The zero-order valence-electron chi connectivity index (χ0n) is 10.00. The Labute approximate surface area is 97.9 Å². The Kier molecular flexibility index (Phi) is 7.44. The van der Waals surface area contributed by atoms with Crippen molar-refractivity contribution in [3.8, 4) is 0 Å². The van der Waals surface area contributed by atoms with E-state index in [-0.39, 0.29) is 0 Å². The van der Waals surface area contributed by atoms with Crippen LogP contribution in [0.1, 0.15) is 13.3 Å². The van der Waals surface area contributed by atoms with Crippen molar-refractivity contribution >= 4 is 11.8 Å². The predicted molar refractivity (Wildman–Crippen MR) is 67.7 cm³/mol. The zero-order valence-corrected chi connectivity index (χ0v) is 10.8. The average molecular weight is 232 g/mol. The van der Waals surface area contributed by atoms with Gasteiger partial charge in [0.2, 0.25) is 0 Å². The van der Waals surface area contributed by atoms with E-state index in [0.29, 0.717) is 6.10 Å². The smallest absolute Gasteiger partial charge is 0.0826 e. The van der Waals surface area contributed by atoms with Gasteiger partial charge in [-0.1, -0.05) is 6.92 Å². The van der Waals surface area contributed by atoms with Crippen LogP contribution in [0.15, 0.2) is 0 Å². The van der Waals surface area contributed by atoms with E-state index in [1.54, 1.807) is 0 Å². The second-order valence-corrected chi connectivity index (χ2v) is 5.30. The summed E-state index contributed by atoms with van der Waals surface area (Å²) in [6.07, 6.45) is 1.70. The Morgan fingerprint density at radius 3 is 3.13 bits per heavy atom. The predicted octanol–water partition coefficient (Wildman–Crippen LogP) is 1.05. The number of nitrogens with zero attached hydrogens (tertiary/aromatic N) is 1. The molecule has 0 aliphatic carbocycles. The maximum atomic E-state index is 5.67. The molecule has 3 nitrogen and oxygen atoms in total. The van der Waals surface area contributed by atoms with Crippen LogP contribution in [-0.4, -0.2) is 62.3 Å². The Morgan fingerprint density at radius 1 is 1.53 bits per heavy atom. The highest BCUT2D eigenvalue weighted by Crippen LogP contribution is 2.07. The van der Waals surface area contributed by atoms with Gasteiger partial charge in [-0.3, -0.25) is 4.90 Å². The third-order valence-corrected chi connectivity index (χ3v) is 3.61. The molecule has 0 aromatic heterocycles. The van der Waals surface area contributed by atoms with Gasteiger partial charge in [-0.05, 0) is 31.5 Å². The second kappa shape index (κ2) is 8.39. The van der Waals surface area contributed by atoms with Gasteiger partial charge in [0.25, 0.3) is 0 Å². The van der Waals surface area contributed by atoms with Crippen molar-refractivity contribution in [2.24, 2.45) is 0 Å². The minimum Gasteiger partial charge on any atom is -0.374 e. The minimum atomic E-state index is 0.391. The Morgan fingerprint density at radius 2 is 2.40 bits per heavy atom. The van der Waals surface area contributed by atoms with Crippen LogP contribution in [-0.2, 0) is 4.74 Å². The van der Waals surface area contributed by atoms with Gasteiger partial charge in [0.1, 0.15) is 0 Å². The highest BCUT2D eigenvalue weighted by molar-refractivity contribution is 7.99. The SMILES string of the molecule is CCSCCCN1CCOC(CNC)C1. The van der Waals surface area contributed by atoms with Gasteiger partial charge in [-0.15, -0.1) is 0 Å². The van der Waals surface area contributed by atoms with E-state index in [9.17, 15) is 0 Å². The first-order valence-corrected chi connectivity index (χ1v) is 7.08. The average Bonchev–Trinajstić information content (AvgIpc) is 2.26. The molecule has 4 heteroatoms. The van der Waals surface area contributed by atoms with Crippen molar-refractivity contribution < 1.29 is 4.74 Å². The first-order chi connectivity index (χ1) is 7.36. The third-order valence-electron chi connectivity index (χ3n) is 2.62. The normalized spacial score (nSPS) is 23.2. The summed E-state index contributed by atoms with van der Waals surface area (Å²) in [5.41, 5.74) is 0. The number of likely N-dealkylation sites (N-methyl/N-ethyl adjacent to an activating group) is 1. The molecular weight excluding hydrogens is 208 g/mol.